The summed E-state index contributed by atoms with van der Waals surface area (Å²) in [5.74, 6) is 0.665. The first kappa shape index (κ1) is 15.8. The van der Waals surface area contributed by atoms with Crippen molar-refractivity contribution >= 4 is 12.2 Å². The van der Waals surface area contributed by atoms with Crippen LogP contribution in [0.15, 0.2) is 42.5 Å². The summed E-state index contributed by atoms with van der Waals surface area (Å²) >= 11 is 0. The Hall–Kier alpha value is -2.09. The van der Waals surface area contributed by atoms with Crippen molar-refractivity contribution in [2.45, 2.75) is 44.4 Å². The van der Waals surface area contributed by atoms with Gasteiger partial charge in [-0.2, -0.15) is 0 Å². The van der Waals surface area contributed by atoms with Crippen LogP contribution in [0.25, 0.3) is 12.2 Å². The molecule has 0 amide bonds. The van der Waals surface area contributed by atoms with Gasteiger partial charge in [-0.1, -0.05) is 62.1 Å². The Bertz CT molecular complexity index is 665. The summed E-state index contributed by atoms with van der Waals surface area (Å²) < 4.78 is 12.9. The number of hydrogen-bond acceptors (Lipinski definition) is 1. The van der Waals surface area contributed by atoms with Crippen LogP contribution in [0.1, 0.15) is 61.1 Å². The zero-order valence-electron chi connectivity index (χ0n) is 13.3. The van der Waals surface area contributed by atoms with Gasteiger partial charge in [0, 0.05) is 0 Å². The maximum atomic E-state index is 12.9. The van der Waals surface area contributed by atoms with Crippen LogP contribution < -0.4 is 0 Å². The van der Waals surface area contributed by atoms with E-state index < -0.39 is 0 Å². The molecule has 1 fully saturated rings. The third kappa shape index (κ3) is 4.22. The second-order valence-corrected chi connectivity index (χ2v) is 6.39. The van der Waals surface area contributed by atoms with E-state index in [1.165, 1.54) is 50.7 Å². The number of aromatic hydroxyl groups is 1. The van der Waals surface area contributed by atoms with Crippen molar-refractivity contribution in [1.29, 1.82) is 0 Å². The van der Waals surface area contributed by atoms with E-state index >= 15 is 0 Å². The van der Waals surface area contributed by atoms with Gasteiger partial charge in [0.25, 0.3) is 0 Å². The van der Waals surface area contributed by atoms with Gasteiger partial charge in [-0.05, 0) is 53.6 Å². The first-order valence-corrected chi connectivity index (χ1v) is 8.49. The predicted octanol–water partition coefficient (Wildman–Crippen LogP) is 6.14. The fraction of sp³-hybridized carbons (Fsp3) is 0.333. The van der Waals surface area contributed by atoms with E-state index in [1.54, 1.807) is 12.1 Å². The Kier molecular flexibility index (Phi) is 5.12. The molecule has 0 heterocycles. The zero-order chi connectivity index (χ0) is 16.1. The Morgan fingerprint density at radius 2 is 1.43 bits per heavy atom. The summed E-state index contributed by atoms with van der Waals surface area (Å²) in [5.41, 5.74) is 2.99. The SMILES string of the molecule is Oc1cc(/C=C/c2ccc(F)cc2)ccc1C1CCCCCC1. The molecule has 0 saturated heterocycles. The first-order chi connectivity index (χ1) is 11.2. The summed E-state index contributed by atoms with van der Waals surface area (Å²) in [7, 11) is 0. The molecular weight excluding hydrogens is 287 g/mol. The van der Waals surface area contributed by atoms with Gasteiger partial charge >= 0.3 is 0 Å². The standard InChI is InChI=1S/C21H23FO/c22-19-12-9-16(10-13-19)7-8-17-11-14-20(21(23)15-17)18-5-3-1-2-4-6-18/h7-15,18,23H,1-6H2/b8-7+. The van der Waals surface area contributed by atoms with Crippen molar-refractivity contribution < 1.29 is 9.50 Å². The van der Waals surface area contributed by atoms with E-state index in [0.29, 0.717) is 11.7 Å². The van der Waals surface area contributed by atoms with Gasteiger partial charge in [-0.3, -0.25) is 0 Å². The normalized spacial score (nSPS) is 16.6. The summed E-state index contributed by atoms with van der Waals surface area (Å²) in [6, 6.07) is 12.3. The summed E-state index contributed by atoms with van der Waals surface area (Å²) in [5, 5.41) is 10.4. The van der Waals surface area contributed by atoms with E-state index in [0.717, 1.165) is 16.7 Å². The average molecular weight is 310 g/mol. The van der Waals surface area contributed by atoms with Gasteiger partial charge in [0.15, 0.2) is 0 Å². The van der Waals surface area contributed by atoms with E-state index in [1.807, 2.05) is 18.2 Å². The Morgan fingerprint density at radius 3 is 2.09 bits per heavy atom. The molecule has 0 atom stereocenters. The Balaban J connectivity index is 1.74. The van der Waals surface area contributed by atoms with Crippen molar-refractivity contribution in [2.24, 2.45) is 0 Å². The quantitative estimate of drug-likeness (QED) is 0.533. The first-order valence-electron chi connectivity index (χ1n) is 8.49. The minimum Gasteiger partial charge on any atom is -0.508 e. The molecule has 120 valence electrons. The third-order valence-electron chi connectivity index (χ3n) is 4.69. The number of rotatable bonds is 3. The molecule has 1 aliphatic carbocycles. The highest BCUT2D eigenvalue weighted by atomic mass is 19.1. The Morgan fingerprint density at radius 1 is 0.826 bits per heavy atom. The Labute approximate surface area is 137 Å². The second kappa shape index (κ2) is 7.45. The highest BCUT2D eigenvalue weighted by Gasteiger charge is 2.17. The van der Waals surface area contributed by atoms with E-state index in [-0.39, 0.29) is 5.82 Å². The van der Waals surface area contributed by atoms with Gasteiger partial charge in [-0.15, -0.1) is 0 Å². The van der Waals surface area contributed by atoms with E-state index in [2.05, 4.69) is 12.1 Å². The summed E-state index contributed by atoms with van der Waals surface area (Å²) in [6.07, 6.45) is 11.4. The minimum absolute atomic E-state index is 0.229. The summed E-state index contributed by atoms with van der Waals surface area (Å²) in [6.45, 7) is 0. The highest BCUT2D eigenvalue weighted by Crippen LogP contribution is 2.36. The zero-order valence-corrected chi connectivity index (χ0v) is 13.3. The van der Waals surface area contributed by atoms with E-state index in [4.69, 9.17) is 0 Å². The van der Waals surface area contributed by atoms with Crippen LogP contribution in [-0.4, -0.2) is 5.11 Å². The van der Waals surface area contributed by atoms with Gasteiger partial charge in [-0.25, -0.2) is 4.39 Å². The molecule has 2 aromatic carbocycles. The molecule has 1 nitrogen and oxygen atoms in total. The lowest BCUT2D eigenvalue weighted by Gasteiger charge is -2.16. The predicted molar refractivity (Wildman–Crippen MR) is 93.9 cm³/mol. The number of halogens is 1. The van der Waals surface area contributed by atoms with Crippen molar-refractivity contribution in [3.63, 3.8) is 0 Å². The molecule has 0 radical (unpaired) electrons. The van der Waals surface area contributed by atoms with Gasteiger partial charge in [0.05, 0.1) is 0 Å². The minimum atomic E-state index is -0.229. The lowest BCUT2D eigenvalue weighted by molar-refractivity contribution is 0.453. The van der Waals surface area contributed by atoms with Gasteiger partial charge < -0.3 is 5.11 Å². The van der Waals surface area contributed by atoms with Crippen LogP contribution >= 0.6 is 0 Å². The maximum absolute atomic E-state index is 12.9. The van der Waals surface area contributed by atoms with Gasteiger partial charge in [0.2, 0.25) is 0 Å². The lowest BCUT2D eigenvalue weighted by Crippen LogP contribution is -1.97. The molecule has 23 heavy (non-hydrogen) atoms. The maximum Gasteiger partial charge on any atom is 0.123 e. The molecule has 1 N–H and O–H groups in total. The van der Waals surface area contributed by atoms with Crippen molar-refractivity contribution in [3.05, 3.63) is 65.0 Å². The molecule has 0 bridgehead atoms. The summed E-state index contributed by atoms with van der Waals surface area (Å²) in [4.78, 5) is 0. The number of benzene rings is 2. The molecule has 2 aromatic rings. The fourth-order valence-electron chi connectivity index (χ4n) is 3.37. The molecule has 1 saturated carbocycles. The van der Waals surface area contributed by atoms with Crippen LogP contribution in [0.4, 0.5) is 4.39 Å². The van der Waals surface area contributed by atoms with Gasteiger partial charge in [0.1, 0.15) is 11.6 Å². The second-order valence-electron chi connectivity index (χ2n) is 6.39. The number of hydrogen-bond donors (Lipinski definition) is 1. The molecule has 2 heteroatoms. The molecule has 0 aromatic heterocycles. The largest absolute Gasteiger partial charge is 0.508 e. The van der Waals surface area contributed by atoms with Crippen molar-refractivity contribution in [1.82, 2.24) is 0 Å². The average Bonchev–Trinajstić information content (AvgIpc) is 2.84. The number of phenols is 1. The highest BCUT2D eigenvalue weighted by molar-refractivity contribution is 5.70. The van der Waals surface area contributed by atoms with Crippen LogP contribution in [0.5, 0.6) is 5.75 Å². The molecule has 0 spiro atoms. The number of phenolic OH excluding ortho intramolecular Hbond substituents is 1. The molecule has 0 aliphatic heterocycles. The molecular formula is C21H23FO. The van der Waals surface area contributed by atoms with Crippen molar-refractivity contribution in [2.75, 3.05) is 0 Å². The monoisotopic (exact) mass is 310 g/mol. The smallest absolute Gasteiger partial charge is 0.123 e. The molecule has 1 aliphatic rings. The molecule has 0 unspecified atom stereocenters. The van der Waals surface area contributed by atoms with Crippen LogP contribution in [0.2, 0.25) is 0 Å². The van der Waals surface area contributed by atoms with Crippen LogP contribution in [-0.2, 0) is 0 Å². The topological polar surface area (TPSA) is 20.2 Å². The lowest BCUT2D eigenvalue weighted by atomic mass is 9.90. The van der Waals surface area contributed by atoms with Crippen LogP contribution in [0.3, 0.4) is 0 Å². The third-order valence-corrected chi connectivity index (χ3v) is 4.69. The van der Waals surface area contributed by atoms with Crippen molar-refractivity contribution in [3.8, 4) is 5.75 Å². The fourth-order valence-corrected chi connectivity index (χ4v) is 3.37. The van der Waals surface area contributed by atoms with E-state index in [9.17, 15) is 9.50 Å². The van der Waals surface area contributed by atoms with Crippen LogP contribution in [0, 0.1) is 5.82 Å². The molecule has 3 rings (SSSR count).